The number of Topliss-reactive ketones (excluding diaryl/α,β-unsaturated/α-hetero) is 2. The summed E-state index contributed by atoms with van der Waals surface area (Å²) in [4.78, 5) is 38.1. The van der Waals surface area contributed by atoms with Gasteiger partial charge in [-0.15, -0.1) is 0 Å². The van der Waals surface area contributed by atoms with Crippen LogP contribution in [0, 0.1) is 39.4 Å². The highest BCUT2D eigenvalue weighted by Gasteiger charge is 2.70. The van der Waals surface area contributed by atoms with Gasteiger partial charge in [-0.2, -0.15) is 0 Å². The lowest BCUT2D eigenvalue weighted by atomic mass is 9.42. The quantitative estimate of drug-likeness (QED) is 0.408. The Morgan fingerprint density at radius 3 is 2.32 bits per heavy atom. The van der Waals surface area contributed by atoms with E-state index in [1.807, 2.05) is 34.6 Å². The molecule has 0 bridgehead atoms. The number of rotatable bonds is 5. The molecule has 0 unspecified atom stereocenters. The van der Waals surface area contributed by atoms with Crippen molar-refractivity contribution in [3.8, 4) is 0 Å². The van der Waals surface area contributed by atoms with Gasteiger partial charge in [-0.25, -0.2) is 4.79 Å². The van der Waals surface area contributed by atoms with Crippen LogP contribution < -0.4 is 0 Å². The molecule has 0 amide bonds. The topological polar surface area (TPSA) is 132 Å². The Labute approximate surface area is 220 Å². The molecule has 0 spiro atoms. The minimum absolute atomic E-state index is 0.000148. The molecule has 2 saturated carbocycles. The highest BCUT2D eigenvalue weighted by molar-refractivity contribution is 6.01. The highest BCUT2D eigenvalue weighted by Crippen LogP contribution is 2.71. The zero-order valence-corrected chi connectivity index (χ0v) is 23.3. The van der Waals surface area contributed by atoms with Crippen molar-refractivity contribution in [2.45, 2.75) is 105 Å². The van der Waals surface area contributed by atoms with E-state index in [9.17, 15) is 29.7 Å². The molecule has 0 heterocycles. The number of carbonyl (C=O) groups is 3. The summed E-state index contributed by atoms with van der Waals surface area (Å²) in [5, 5.41) is 43.0. The molecule has 4 aliphatic rings. The second-order valence-electron chi connectivity index (χ2n) is 13.7. The fraction of sp³-hybridized carbons (Fsp3) is 0.767. The number of carboxylic acid groups (broad SMARTS) is 1. The number of carbonyl (C=O) groups excluding carboxylic acids is 2. The molecule has 0 aromatic rings. The van der Waals surface area contributed by atoms with E-state index in [0.29, 0.717) is 43.3 Å². The van der Waals surface area contributed by atoms with Crippen LogP contribution in [0.15, 0.2) is 22.8 Å². The van der Waals surface area contributed by atoms with Crippen molar-refractivity contribution in [1.82, 2.24) is 0 Å². The molecule has 0 radical (unpaired) electrons. The van der Waals surface area contributed by atoms with Crippen molar-refractivity contribution in [3.05, 3.63) is 22.8 Å². The Hall–Kier alpha value is -1.83. The predicted octanol–water partition coefficient (Wildman–Crippen LogP) is 3.84. The van der Waals surface area contributed by atoms with Crippen LogP contribution in [0.3, 0.4) is 0 Å². The molecule has 4 aliphatic carbocycles. The zero-order valence-electron chi connectivity index (χ0n) is 23.3. The Balaban J connectivity index is 1.77. The Kier molecular flexibility index (Phi) is 6.74. The first-order chi connectivity index (χ1) is 16.9. The molecule has 9 atom stereocenters. The van der Waals surface area contributed by atoms with Gasteiger partial charge in [-0.05, 0) is 67.4 Å². The third-order valence-corrected chi connectivity index (χ3v) is 11.5. The number of allylic oxidation sites excluding steroid dienone is 1. The second kappa shape index (κ2) is 8.85. The van der Waals surface area contributed by atoms with Gasteiger partial charge in [0.05, 0.1) is 18.3 Å². The lowest BCUT2D eigenvalue weighted by Gasteiger charge is -2.61. The minimum atomic E-state index is -1.08. The molecule has 2 fully saturated rings. The molecule has 0 aliphatic heterocycles. The van der Waals surface area contributed by atoms with Gasteiger partial charge in [0.1, 0.15) is 5.78 Å². The number of aliphatic hydroxyl groups excluding tert-OH is 3. The van der Waals surface area contributed by atoms with Gasteiger partial charge < -0.3 is 20.4 Å². The molecule has 7 nitrogen and oxygen atoms in total. The van der Waals surface area contributed by atoms with Gasteiger partial charge in [-0.3, -0.25) is 9.59 Å². The zero-order chi connectivity index (χ0) is 27.9. The second-order valence-corrected chi connectivity index (χ2v) is 13.7. The Bertz CT molecular complexity index is 1090. The van der Waals surface area contributed by atoms with Crippen LogP contribution in [-0.2, 0) is 14.4 Å². The maximum atomic E-state index is 14.1. The largest absolute Gasteiger partial charge is 0.478 e. The minimum Gasteiger partial charge on any atom is -0.478 e. The van der Waals surface area contributed by atoms with Crippen molar-refractivity contribution in [1.29, 1.82) is 0 Å². The number of ketones is 2. The van der Waals surface area contributed by atoms with E-state index in [1.54, 1.807) is 0 Å². The van der Waals surface area contributed by atoms with Crippen LogP contribution in [0.25, 0.3) is 0 Å². The normalized spacial score (nSPS) is 43.1. The number of hydrogen-bond donors (Lipinski definition) is 4. The van der Waals surface area contributed by atoms with Crippen LogP contribution >= 0.6 is 0 Å². The van der Waals surface area contributed by atoms with Gasteiger partial charge in [0.2, 0.25) is 0 Å². The lowest BCUT2D eigenvalue weighted by molar-refractivity contribution is -0.146. The Morgan fingerprint density at radius 1 is 1.11 bits per heavy atom. The summed E-state index contributed by atoms with van der Waals surface area (Å²) in [7, 11) is 0. The fourth-order valence-electron chi connectivity index (χ4n) is 9.16. The van der Waals surface area contributed by atoms with Crippen molar-refractivity contribution >= 4 is 17.5 Å². The molecule has 206 valence electrons. The van der Waals surface area contributed by atoms with Gasteiger partial charge in [0.15, 0.2) is 5.78 Å². The van der Waals surface area contributed by atoms with Gasteiger partial charge >= 0.3 is 5.97 Å². The molecule has 0 aromatic heterocycles. The highest BCUT2D eigenvalue weighted by atomic mass is 16.4. The number of aliphatic hydroxyl groups is 3. The fourth-order valence-corrected chi connectivity index (χ4v) is 9.16. The molecule has 37 heavy (non-hydrogen) atoms. The summed E-state index contributed by atoms with van der Waals surface area (Å²) in [6.07, 6.45) is 1.04. The van der Waals surface area contributed by atoms with E-state index < -0.39 is 45.9 Å². The Morgan fingerprint density at radius 2 is 1.73 bits per heavy atom. The van der Waals surface area contributed by atoms with Gasteiger partial charge in [0.25, 0.3) is 0 Å². The standard InChI is InChI=1S/C30H44O7/c1-15(10-17(31)11-16(2)26(36)37)18-12-23(35)30(7)25-19(32)13-21-27(3,4)22(34)8-9-28(21,5)24(25)20(33)14-29(18,30)6/h11,15,17-19,21,23,31-32,35H,8-10,12-14H2,1-7H3,(H,36,37)/b16-11+/t15-,17-,18-,19+,21+,23+,28+,29-,30+/m1/s1. The SMILES string of the molecule is C/C(=C\[C@H](O)C[C@@H](C)[C@H]1C[C@H](O)[C@@]2(C)C3=C(C(=O)C[C@]12C)[C@@]1(C)CCC(=O)C(C)(C)[C@@H]1C[C@@H]3O)C(=O)O. The van der Waals surface area contributed by atoms with E-state index in [2.05, 4.69) is 6.92 Å². The van der Waals surface area contributed by atoms with E-state index in [-0.39, 0.29) is 41.3 Å². The molecular weight excluding hydrogens is 472 g/mol. The molecule has 7 heteroatoms. The third kappa shape index (κ3) is 3.82. The summed E-state index contributed by atoms with van der Waals surface area (Å²) in [6.45, 7) is 13.4. The monoisotopic (exact) mass is 516 g/mol. The lowest BCUT2D eigenvalue weighted by Crippen LogP contribution is -2.60. The summed E-state index contributed by atoms with van der Waals surface area (Å²) in [6, 6.07) is 0. The van der Waals surface area contributed by atoms with Crippen LogP contribution in [-0.4, -0.2) is 56.3 Å². The summed E-state index contributed by atoms with van der Waals surface area (Å²) >= 11 is 0. The summed E-state index contributed by atoms with van der Waals surface area (Å²) in [5.41, 5.74) is -1.26. The molecular formula is C30H44O7. The van der Waals surface area contributed by atoms with E-state index in [1.165, 1.54) is 13.0 Å². The van der Waals surface area contributed by atoms with Crippen LogP contribution in [0.5, 0.6) is 0 Å². The number of aliphatic carboxylic acids is 1. The average Bonchev–Trinajstić information content (AvgIpc) is 2.99. The van der Waals surface area contributed by atoms with E-state index >= 15 is 0 Å². The smallest absolute Gasteiger partial charge is 0.331 e. The van der Waals surface area contributed by atoms with Gasteiger partial charge in [0, 0.05) is 40.2 Å². The average molecular weight is 517 g/mol. The van der Waals surface area contributed by atoms with E-state index in [0.717, 1.165) is 0 Å². The first-order valence-corrected chi connectivity index (χ1v) is 13.7. The molecule has 4 N–H and O–H groups in total. The number of hydrogen-bond acceptors (Lipinski definition) is 6. The van der Waals surface area contributed by atoms with Crippen LogP contribution in [0.2, 0.25) is 0 Å². The van der Waals surface area contributed by atoms with Crippen molar-refractivity contribution in [3.63, 3.8) is 0 Å². The van der Waals surface area contributed by atoms with Crippen LogP contribution in [0.4, 0.5) is 0 Å². The predicted molar refractivity (Wildman–Crippen MR) is 138 cm³/mol. The number of fused-ring (bicyclic) bond motifs is 4. The maximum absolute atomic E-state index is 14.1. The third-order valence-electron chi connectivity index (χ3n) is 11.5. The van der Waals surface area contributed by atoms with Crippen molar-refractivity contribution < 1.29 is 34.8 Å². The maximum Gasteiger partial charge on any atom is 0.331 e. The summed E-state index contributed by atoms with van der Waals surface area (Å²) in [5.74, 6) is -1.27. The molecule has 0 aromatic carbocycles. The molecule has 0 saturated heterocycles. The first kappa shape index (κ1) is 28.2. The molecule has 4 rings (SSSR count). The van der Waals surface area contributed by atoms with Crippen molar-refractivity contribution in [2.75, 3.05) is 0 Å². The summed E-state index contributed by atoms with van der Waals surface area (Å²) < 4.78 is 0. The van der Waals surface area contributed by atoms with Crippen LogP contribution in [0.1, 0.15) is 87.0 Å². The van der Waals surface area contributed by atoms with E-state index in [4.69, 9.17) is 5.11 Å². The van der Waals surface area contributed by atoms with Gasteiger partial charge in [-0.1, -0.05) is 41.5 Å². The number of carboxylic acids is 1. The van der Waals surface area contributed by atoms with Crippen molar-refractivity contribution in [2.24, 2.45) is 39.4 Å². The first-order valence-electron chi connectivity index (χ1n) is 13.7.